The number of ether oxygens (including phenoxy) is 1. The van der Waals surface area contributed by atoms with E-state index in [0.29, 0.717) is 25.3 Å². The van der Waals surface area contributed by atoms with Crippen molar-refractivity contribution < 1.29 is 14.3 Å². The van der Waals surface area contributed by atoms with Crippen LogP contribution in [-0.4, -0.2) is 44.7 Å². The van der Waals surface area contributed by atoms with Gasteiger partial charge in [0, 0.05) is 44.2 Å². The minimum Gasteiger partial charge on any atom is -0.381 e. The number of nitrogens with one attached hydrogen (secondary N) is 2. The van der Waals surface area contributed by atoms with Gasteiger partial charge < -0.3 is 20.3 Å². The Morgan fingerprint density at radius 1 is 1.00 bits per heavy atom. The highest BCUT2D eigenvalue weighted by molar-refractivity contribution is 6.39. The van der Waals surface area contributed by atoms with Gasteiger partial charge in [-0.15, -0.1) is 0 Å². The number of amides is 2. The normalized spacial score (nSPS) is 14.1. The van der Waals surface area contributed by atoms with Crippen LogP contribution in [0.3, 0.4) is 0 Å². The van der Waals surface area contributed by atoms with Crippen LogP contribution in [0.2, 0.25) is 0 Å². The Hall–Kier alpha value is -2.08. The smallest absolute Gasteiger partial charge is 0.313 e. The van der Waals surface area contributed by atoms with E-state index in [1.54, 1.807) is 0 Å². The largest absolute Gasteiger partial charge is 0.381 e. The summed E-state index contributed by atoms with van der Waals surface area (Å²) >= 11 is 0. The molecule has 2 amide bonds. The second-order valence-corrected chi connectivity index (χ2v) is 6.62. The van der Waals surface area contributed by atoms with Crippen molar-refractivity contribution in [1.29, 1.82) is 0 Å². The molecule has 0 spiro atoms. The number of benzene rings is 1. The van der Waals surface area contributed by atoms with Gasteiger partial charge in [0.25, 0.3) is 0 Å². The van der Waals surface area contributed by atoms with Crippen LogP contribution in [0.4, 0.5) is 11.4 Å². The van der Waals surface area contributed by atoms with Crippen LogP contribution in [0.5, 0.6) is 0 Å². The molecule has 1 aliphatic rings. The fourth-order valence-corrected chi connectivity index (χ4v) is 2.90. The summed E-state index contributed by atoms with van der Waals surface area (Å²) in [6.45, 7) is 6.06. The van der Waals surface area contributed by atoms with E-state index in [1.165, 1.54) is 19.3 Å². The second kappa shape index (κ2) is 11.5. The van der Waals surface area contributed by atoms with E-state index < -0.39 is 11.8 Å². The molecule has 0 unspecified atom stereocenters. The van der Waals surface area contributed by atoms with Crippen LogP contribution in [0.25, 0.3) is 0 Å². The first-order chi connectivity index (χ1) is 12.7. The molecule has 2 rings (SSSR count). The van der Waals surface area contributed by atoms with Crippen molar-refractivity contribution in [1.82, 2.24) is 5.32 Å². The number of nitrogens with zero attached hydrogens (tertiary/aromatic N) is 1. The van der Waals surface area contributed by atoms with Gasteiger partial charge in [-0.2, -0.15) is 0 Å². The van der Waals surface area contributed by atoms with Crippen molar-refractivity contribution in [3.05, 3.63) is 24.3 Å². The molecule has 0 aromatic heterocycles. The standard InChI is InChI=1S/C20H31N3O3/c1-2-3-15-26-16-7-12-21-19(24)20(25)22-17-8-10-18(11-9-17)23-13-5-4-6-14-23/h8-11H,2-7,12-16H2,1H3,(H,21,24)(H,22,25). The summed E-state index contributed by atoms with van der Waals surface area (Å²) in [5, 5.41) is 5.26. The first-order valence-electron chi connectivity index (χ1n) is 9.72. The summed E-state index contributed by atoms with van der Waals surface area (Å²) in [5.41, 5.74) is 1.80. The Balaban J connectivity index is 1.67. The molecule has 144 valence electrons. The van der Waals surface area contributed by atoms with E-state index >= 15 is 0 Å². The molecule has 0 atom stereocenters. The Bertz CT molecular complexity index is 554. The molecule has 1 saturated heterocycles. The number of unbranched alkanes of at least 4 members (excludes halogenated alkanes) is 1. The number of rotatable bonds is 9. The van der Waals surface area contributed by atoms with Gasteiger partial charge in [-0.1, -0.05) is 13.3 Å². The first-order valence-corrected chi connectivity index (χ1v) is 9.72. The highest BCUT2D eigenvalue weighted by Gasteiger charge is 2.14. The maximum atomic E-state index is 11.9. The van der Waals surface area contributed by atoms with Crippen LogP contribution in [-0.2, 0) is 14.3 Å². The summed E-state index contributed by atoms with van der Waals surface area (Å²) < 4.78 is 5.42. The average molecular weight is 361 g/mol. The monoisotopic (exact) mass is 361 g/mol. The minimum atomic E-state index is -0.636. The molecule has 1 aliphatic heterocycles. The number of anilines is 2. The Morgan fingerprint density at radius 2 is 1.69 bits per heavy atom. The molecule has 1 aromatic carbocycles. The molecule has 0 bridgehead atoms. The number of hydrogen-bond donors (Lipinski definition) is 2. The van der Waals surface area contributed by atoms with E-state index in [1.807, 2.05) is 24.3 Å². The molecule has 0 radical (unpaired) electrons. The third-order valence-corrected chi connectivity index (χ3v) is 4.45. The molecular weight excluding hydrogens is 330 g/mol. The lowest BCUT2D eigenvalue weighted by Gasteiger charge is -2.28. The van der Waals surface area contributed by atoms with Gasteiger partial charge in [-0.3, -0.25) is 9.59 Å². The molecule has 2 N–H and O–H groups in total. The van der Waals surface area contributed by atoms with Crippen LogP contribution in [0, 0.1) is 0 Å². The van der Waals surface area contributed by atoms with Crippen molar-refractivity contribution in [3.63, 3.8) is 0 Å². The van der Waals surface area contributed by atoms with Gasteiger partial charge >= 0.3 is 11.8 Å². The topological polar surface area (TPSA) is 70.7 Å². The molecule has 0 saturated carbocycles. The fraction of sp³-hybridized carbons (Fsp3) is 0.600. The Kier molecular flexibility index (Phi) is 8.96. The third-order valence-electron chi connectivity index (χ3n) is 4.45. The molecular formula is C20H31N3O3. The summed E-state index contributed by atoms with van der Waals surface area (Å²) in [7, 11) is 0. The molecule has 26 heavy (non-hydrogen) atoms. The van der Waals surface area contributed by atoms with Crippen molar-refractivity contribution >= 4 is 23.2 Å². The van der Waals surface area contributed by atoms with E-state index in [-0.39, 0.29) is 0 Å². The zero-order chi connectivity index (χ0) is 18.6. The van der Waals surface area contributed by atoms with E-state index in [0.717, 1.165) is 38.2 Å². The van der Waals surface area contributed by atoms with Gasteiger partial charge in [0.05, 0.1) is 0 Å². The summed E-state index contributed by atoms with van der Waals surface area (Å²) in [6, 6.07) is 7.67. The SMILES string of the molecule is CCCCOCCCNC(=O)C(=O)Nc1ccc(N2CCCCC2)cc1. The molecule has 1 fully saturated rings. The van der Waals surface area contributed by atoms with Gasteiger partial charge in [0.15, 0.2) is 0 Å². The maximum Gasteiger partial charge on any atom is 0.313 e. The van der Waals surface area contributed by atoms with Crippen molar-refractivity contribution in [3.8, 4) is 0 Å². The lowest BCUT2D eigenvalue weighted by atomic mass is 10.1. The van der Waals surface area contributed by atoms with Gasteiger partial charge in [0.1, 0.15) is 0 Å². The maximum absolute atomic E-state index is 11.9. The quantitative estimate of drug-likeness (QED) is 0.524. The molecule has 6 nitrogen and oxygen atoms in total. The van der Waals surface area contributed by atoms with Crippen LogP contribution in [0.1, 0.15) is 45.4 Å². The van der Waals surface area contributed by atoms with Crippen molar-refractivity contribution in [2.75, 3.05) is 43.1 Å². The van der Waals surface area contributed by atoms with E-state index in [4.69, 9.17) is 4.74 Å². The van der Waals surface area contributed by atoms with E-state index in [9.17, 15) is 9.59 Å². The summed E-state index contributed by atoms with van der Waals surface area (Å²) in [5.74, 6) is -1.25. The van der Waals surface area contributed by atoms with Crippen molar-refractivity contribution in [2.45, 2.75) is 45.4 Å². The third kappa shape index (κ3) is 7.04. The molecule has 6 heteroatoms. The minimum absolute atomic E-state index is 0.437. The predicted octanol–water partition coefficient (Wildman–Crippen LogP) is 2.94. The first kappa shape index (κ1) is 20.2. The molecule has 1 aromatic rings. The van der Waals surface area contributed by atoms with Gasteiger partial charge in [-0.25, -0.2) is 0 Å². The zero-order valence-corrected chi connectivity index (χ0v) is 15.8. The number of carbonyl (C=O) groups excluding carboxylic acids is 2. The second-order valence-electron chi connectivity index (χ2n) is 6.62. The average Bonchev–Trinajstić information content (AvgIpc) is 2.68. The Morgan fingerprint density at radius 3 is 2.38 bits per heavy atom. The van der Waals surface area contributed by atoms with Crippen LogP contribution < -0.4 is 15.5 Å². The molecule has 0 aliphatic carbocycles. The summed E-state index contributed by atoms with van der Waals surface area (Å²) in [6.07, 6.45) is 6.60. The van der Waals surface area contributed by atoms with Gasteiger partial charge in [0.2, 0.25) is 0 Å². The number of piperidine rings is 1. The van der Waals surface area contributed by atoms with Crippen LogP contribution >= 0.6 is 0 Å². The lowest BCUT2D eigenvalue weighted by Crippen LogP contribution is -2.36. The molecule has 1 heterocycles. The summed E-state index contributed by atoms with van der Waals surface area (Å²) in [4.78, 5) is 26.1. The fourth-order valence-electron chi connectivity index (χ4n) is 2.90. The number of hydrogen-bond acceptors (Lipinski definition) is 4. The predicted molar refractivity (Wildman–Crippen MR) is 104 cm³/mol. The van der Waals surface area contributed by atoms with Gasteiger partial charge in [-0.05, 0) is 56.4 Å². The van der Waals surface area contributed by atoms with Crippen LogP contribution in [0.15, 0.2) is 24.3 Å². The van der Waals surface area contributed by atoms with Crippen molar-refractivity contribution in [2.24, 2.45) is 0 Å². The Labute approximate surface area is 156 Å². The zero-order valence-electron chi connectivity index (χ0n) is 15.8. The number of carbonyl (C=O) groups is 2. The highest BCUT2D eigenvalue weighted by Crippen LogP contribution is 2.21. The lowest BCUT2D eigenvalue weighted by molar-refractivity contribution is -0.136. The van der Waals surface area contributed by atoms with E-state index in [2.05, 4.69) is 22.5 Å². The highest BCUT2D eigenvalue weighted by atomic mass is 16.5.